The van der Waals surface area contributed by atoms with Crippen LogP contribution in [0.15, 0.2) is 54.6 Å². The molecule has 1 atom stereocenters. The third-order valence-electron chi connectivity index (χ3n) is 7.39. The highest BCUT2D eigenvalue weighted by Gasteiger charge is 2.33. The Morgan fingerprint density at radius 1 is 0.763 bits per heavy atom. The van der Waals surface area contributed by atoms with E-state index in [2.05, 4.69) is 80.8 Å². The molecule has 204 valence electrons. The highest BCUT2D eigenvalue weighted by atomic mass is 35.5. The van der Waals surface area contributed by atoms with Crippen molar-refractivity contribution in [2.75, 3.05) is 35.0 Å². The lowest BCUT2D eigenvalue weighted by atomic mass is 9.83. The molecule has 0 saturated carbocycles. The predicted molar refractivity (Wildman–Crippen MR) is 149 cm³/mol. The van der Waals surface area contributed by atoms with Crippen LogP contribution < -0.4 is 31.4 Å². The zero-order valence-electron chi connectivity index (χ0n) is 23.9. The maximum absolute atomic E-state index is 5.71. The lowest BCUT2D eigenvalue weighted by molar-refractivity contribution is -0.546. The SMILES string of the molecule is COc1ccc(C[N+]2=C(C(C)c3ccc(C(C)(C)C)cc3)c3cc(OC)c(OC)cc3CC2)cc1OC.[Cl-]. The van der Waals surface area contributed by atoms with Gasteiger partial charge in [-0.3, -0.25) is 0 Å². The van der Waals surface area contributed by atoms with Crippen LogP contribution in [0.1, 0.15) is 61.4 Å². The Kier molecular flexibility index (Phi) is 9.37. The second-order valence-electron chi connectivity index (χ2n) is 10.7. The first kappa shape index (κ1) is 29.4. The summed E-state index contributed by atoms with van der Waals surface area (Å²) in [7, 11) is 6.74. The molecule has 1 aliphatic rings. The normalized spacial score (nSPS) is 13.8. The van der Waals surface area contributed by atoms with E-state index in [0.717, 1.165) is 42.5 Å². The van der Waals surface area contributed by atoms with Crippen LogP contribution in [0.2, 0.25) is 0 Å². The molecule has 1 heterocycles. The molecule has 0 fully saturated rings. The highest BCUT2D eigenvalue weighted by Crippen LogP contribution is 2.36. The number of hydrogen-bond donors (Lipinski definition) is 0. The third kappa shape index (κ3) is 5.94. The molecule has 6 heteroatoms. The maximum atomic E-state index is 5.71. The number of fused-ring (bicyclic) bond motifs is 1. The number of halogens is 1. The molecule has 0 aromatic heterocycles. The average Bonchev–Trinajstić information content (AvgIpc) is 2.91. The van der Waals surface area contributed by atoms with Gasteiger partial charge in [0.25, 0.3) is 0 Å². The van der Waals surface area contributed by atoms with Gasteiger partial charge in [-0.15, -0.1) is 0 Å². The fourth-order valence-electron chi connectivity index (χ4n) is 5.21. The van der Waals surface area contributed by atoms with E-state index in [0.29, 0.717) is 0 Å². The van der Waals surface area contributed by atoms with Gasteiger partial charge in [0.15, 0.2) is 35.3 Å². The molecule has 0 saturated heterocycles. The minimum atomic E-state index is 0. The molecule has 0 amide bonds. The number of benzene rings is 3. The van der Waals surface area contributed by atoms with Gasteiger partial charge in [0.05, 0.1) is 34.4 Å². The van der Waals surface area contributed by atoms with Crippen LogP contribution in [-0.2, 0) is 18.4 Å². The first-order valence-electron chi connectivity index (χ1n) is 12.9. The van der Waals surface area contributed by atoms with Gasteiger partial charge >= 0.3 is 0 Å². The van der Waals surface area contributed by atoms with Gasteiger partial charge in [0.1, 0.15) is 6.54 Å². The Labute approximate surface area is 233 Å². The smallest absolute Gasteiger partial charge is 0.191 e. The lowest BCUT2D eigenvalue weighted by Gasteiger charge is -2.25. The summed E-state index contributed by atoms with van der Waals surface area (Å²) < 4.78 is 24.9. The van der Waals surface area contributed by atoms with Crippen molar-refractivity contribution in [1.82, 2.24) is 0 Å². The first-order valence-corrected chi connectivity index (χ1v) is 12.9. The van der Waals surface area contributed by atoms with Crippen LogP contribution in [-0.4, -0.2) is 45.3 Å². The molecule has 1 unspecified atom stereocenters. The Morgan fingerprint density at radius 2 is 1.34 bits per heavy atom. The summed E-state index contributed by atoms with van der Waals surface area (Å²) in [6.45, 7) is 10.7. The van der Waals surface area contributed by atoms with Gasteiger partial charge < -0.3 is 31.4 Å². The Morgan fingerprint density at radius 3 is 1.92 bits per heavy atom. The summed E-state index contributed by atoms with van der Waals surface area (Å²) in [5.41, 5.74) is 7.73. The number of rotatable bonds is 8. The van der Waals surface area contributed by atoms with E-state index in [1.165, 1.54) is 33.5 Å². The van der Waals surface area contributed by atoms with Gasteiger partial charge in [-0.1, -0.05) is 45.0 Å². The minimum absolute atomic E-state index is 0. The van der Waals surface area contributed by atoms with Crippen LogP contribution in [0, 0.1) is 0 Å². The molecule has 3 aromatic rings. The predicted octanol–water partition coefficient (Wildman–Crippen LogP) is 3.38. The first-order chi connectivity index (χ1) is 17.7. The lowest BCUT2D eigenvalue weighted by Crippen LogP contribution is -3.00. The number of hydrogen-bond acceptors (Lipinski definition) is 4. The summed E-state index contributed by atoms with van der Waals surface area (Å²) in [5, 5.41) is 0. The van der Waals surface area contributed by atoms with E-state index < -0.39 is 0 Å². The average molecular weight is 538 g/mol. The fraction of sp³-hybridized carbons (Fsp3) is 0.406. The van der Waals surface area contributed by atoms with E-state index >= 15 is 0 Å². The van der Waals surface area contributed by atoms with Crippen LogP contribution in [0.25, 0.3) is 0 Å². The van der Waals surface area contributed by atoms with Crippen LogP contribution in [0.3, 0.4) is 0 Å². The van der Waals surface area contributed by atoms with Crippen LogP contribution >= 0.6 is 0 Å². The van der Waals surface area contributed by atoms with Crippen molar-refractivity contribution in [2.24, 2.45) is 0 Å². The van der Waals surface area contributed by atoms with Gasteiger partial charge in [0, 0.05) is 17.5 Å². The Balaban J connectivity index is 0.00000400. The molecule has 0 aliphatic carbocycles. The molecule has 4 rings (SSSR count). The zero-order valence-corrected chi connectivity index (χ0v) is 24.6. The summed E-state index contributed by atoms with van der Waals surface area (Å²) in [6, 6.07) is 19.5. The van der Waals surface area contributed by atoms with Gasteiger partial charge in [-0.2, -0.15) is 0 Å². The summed E-state index contributed by atoms with van der Waals surface area (Å²) >= 11 is 0. The molecule has 1 aliphatic heterocycles. The van der Waals surface area contributed by atoms with E-state index in [1.54, 1.807) is 28.4 Å². The summed E-state index contributed by atoms with van der Waals surface area (Å²) in [5.74, 6) is 3.20. The van der Waals surface area contributed by atoms with Crippen molar-refractivity contribution in [2.45, 2.75) is 52.0 Å². The van der Waals surface area contributed by atoms with E-state index in [1.807, 2.05) is 6.07 Å². The van der Waals surface area contributed by atoms with Crippen molar-refractivity contribution >= 4 is 5.71 Å². The standard InChI is InChI=1S/C32H40NO4.ClH/c1-21(23-10-12-25(13-11-23)32(2,3)4)31-26-19-30(37-8)29(36-7)18-24(26)15-16-33(31)20-22-9-14-27(34-5)28(17-22)35-6;/h9-14,17-19,21H,15-16,20H2,1-8H3;1H/q+1;/p-1. The monoisotopic (exact) mass is 537 g/mol. The second-order valence-corrected chi connectivity index (χ2v) is 10.7. The van der Waals surface area contributed by atoms with Crippen molar-refractivity contribution in [3.63, 3.8) is 0 Å². The number of ether oxygens (including phenoxy) is 4. The molecule has 0 radical (unpaired) electrons. The van der Waals surface area contributed by atoms with E-state index in [4.69, 9.17) is 18.9 Å². The zero-order chi connectivity index (χ0) is 26.7. The summed E-state index contributed by atoms with van der Waals surface area (Å²) in [6.07, 6.45) is 0.933. The van der Waals surface area contributed by atoms with Crippen LogP contribution in [0.5, 0.6) is 23.0 Å². The van der Waals surface area contributed by atoms with E-state index in [9.17, 15) is 0 Å². The molecule has 0 bridgehead atoms. The number of nitrogens with zero attached hydrogens (tertiary/aromatic N) is 1. The molecule has 0 spiro atoms. The maximum Gasteiger partial charge on any atom is 0.191 e. The van der Waals surface area contributed by atoms with Gasteiger partial charge in [-0.05, 0) is 59.4 Å². The van der Waals surface area contributed by atoms with Gasteiger partial charge in [0.2, 0.25) is 0 Å². The quantitative estimate of drug-likeness (QED) is 0.413. The van der Waals surface area contributed by atoms with Crippen LogP contribution in [0.4, 0.5) is 0 Å². The molecular weight excluding hydrogens is 498 g/mol. The summed E-state index contributed by atoms with van der Waals surface area (Å²) in [4.78, 5) is 0. The highest BCUT2D eigenvalue weighted by molar-refractivity contribution is 6.03. The molecule has 3 aromatic carbocycles. The second kappa shape index (κ2) is 12.1. The topological polar surface area (TPSA) is 39.9 Å². The number of methoxy groups -OCH3 is 4. The molecule has 0 N–H and O–H groups in total. The minimum Gasteiger partial charge on any atom is -1.00 e. The van der Waals surface area contributed by atoms with E-state index in [-0.39, 0.29) is 23.7 Å². The van der Waals surface area contributed by atoms with Crippen molar-refractivity contribution in [3.8, 4) is 23.0 Å². The molecule has 38 heavy (non-hydrogen) atoms. The Hall–Kier alpha value is -3.18. The largest absolute Gasteiger partial charge is 1.00 e. The third-order valence-corrected chi connectivity index (χ3v) is 7.39. The van der Waals surface area contributed by atoms with Crippen molar-refractivity contribution < 1.29 is 35.9 Å². The fourth-order valence-corrected chi connectivity index (χ4v) is 5.21. The van der Waals surface area contributed by atoms with Crippen molar-refractivity contribution in [3.05, 3.63) is 82.4 Å². The molecule has 5 nitrogen and oxygen atoms in total. The van der Waals surface area contributed by atoms with Gasteiger partial charge in [-0.25, -0.2) is 4.58 Å². The Bertz CT molecular complexity index is 1290. The molecular formula is C32H40ClNO4. The van der Waals surface area contributed by atoms with Crippen molar-refractivity contribution in [1.29, 1.82) is 0 Å².